The van der Waals surface area contributed by atoms with Crippen LogP contribution in [0.4, 0.5) is 0 Å². The molecule has 21 heavy (non-hydrogen) atoms. The molecule has 1 unspecified atom stereocenters. The van der Waals surface area contributed by atoms with Crippen molar-refractivity contribution in [2.75, 3.05) is 7.05 Å². The van der Waals surface area contributed by atoms with Gasteiger partial charge in [0.1, 0.15) is 5.75 Å². The lowest BCUT2D eigenvalue weighted by Gasteiger charge is -2.28. The third kappa shape index (κ3) is 3.85. The maximum Gasteiger partial charge on any atom is 0.179 e. The molecule has 2 N–H and O–H groups in total. The van der Waals surface area contributed by atoms with Gasteiger partial charge in [-0.15, -0.1) is 0 Å². The number of nitrogens with one attached hydrogen (secondary N) is 1. The van der Waals surface area contributed by atoms with Crippen LogP contribution in [0.25, 0.3) is 0 Å². The predicted octanol–water partition coefficient (Wildman–Crippen LogP) is 3.78. The number of carbonyl (C=O) groups excluding carboxylic acids is 1. The average Bonchev–Trinajstić information content (AvgIpc) is 2.34. The minimum Gasteiger partial charge on any atom is -0.507 e. The van der Waals surface area contributed by atoms with Crippen LogP contribution in [0.1, 0.15) is 70.0 Å². The van der Waals surface area contributed by atoms with Crippen molar-refractivity contribution in [2.24, 2.45) is 0 Å². The summed E-state index contributed by atoms with van der Waals surface area (Å²) >= 11 is 0. The van der Waals surface area contributed by atoms with Crippen LogP contribution < -0.4 is 5.32 Å². The van der Waals surface area contributed by atoms with Gasteiger partial charge in [-0.1, -0.05) is 41.5 Å². The molecule has 3 nitrogen and oxygen atoms in total. The van der Waals surface area contributed by atoms with E-state index in [0.29, 0.717) is 11.3 Å². The molecule has 0 fully saturated rings. The molecule has 0 saturated carbocycles. The van der Waals surface area contributed by atoms with Crippen LogP contribution in [0.5, 0.6) is 5.75 Å². The molecule has 0 heterocycles. The van der Waals surface area contributed by atoms with Gasteiger partial charge in [0, 0.05) is 16.7 Å². The quantitative estimate of drug-likeness (QED) is 0.833. The largest absolute Gasteiger partial charge is 0.507 e. The van der Waals surface area contributed by atoms with Crippen LogP contribution in [0, 0.1) is 0 Å². The van der Waals surface area contributed by atoms with Crippen molar-refractivity contribution in [3.63, 3.8) is 0 Å². The summed E-state index contributed by atoms with van der Waals surface area (Å²) in [5, 5.41) is 13.6. The summed E-state index contributed by atoms with van der Waals surface area (Å²) in [5.74, 6) is 0.358. The summed E-state index contributed by atoms with van der Waals surface area (Å²) in [6.07, 6.45) is 0. The first-order valence-electron chi connectivity index (χ1n) is 7.49. The Balaban J connectivity index is 3.59. The number of likely N-dealkylation sites (N-methyl/N-ethyl adjacent to an activating group) is 1. The van der Waals surface area contributed by atoms with Gasteiger partial charge in [-0.25, -0.2) is 0 Å². The van der Waals surface area contributed by atoms with E-state index in [1.54, 1.807) is 7.05 Å². The Labute approximate surface area is 128 Å². The van der Waals surface area contributed by atoms with Crippen LogP contribution in [-0.4, -0.2) is 24.0 Å². The SMILES string of the molecule is CNC(C)C(=O)c1cc(C(C)(C)C)c(O)c(C(C)(C)C)c1. The molecule has 0 spiro atoms. The molecule has 1 aromatic rings. The molecule has 0 aliphatic rings. The minimum atomic E-state index is -0.241. The fourth-order valence-corrected chi connectivity index (χ4v) is 2.30. The summed E-state index contributed by atoms with van der Waals surface area (Å²) < 4.78 is 0. The van der Waals surface area contributed by atoms with Gasteiger partial charge in [0.2, 0.25) is 0 Å². The zero-order valence-electron chi connectivity index (χ0n) is 14.6. The number of Topliss-reactive ketones (excluding diaryl/α,β-unsaturated/α-hetero) is 1. The number of carbonyl (C=O) groups is 1. The lowest BCUT2D eigenvalue weighted by atomic mass is 9.78. The van der Waals surface area contributed by atoms with Crippen molar-refractivity contribution in [1.82, 2.24) is 5.32 Å². The molecule has 0 aliphatic carbocycles. The highest BCUT2D eigenvalue weighted by atomic mass is 16.3. The van der Waals surface area contributed by atoms with Crippen LogP contribution in [0.3, 0.4) is 0 Å². The topological polar surface area (TPSA) is 49.3 Å². The Morgan fingerprint density at radius 1 is 1.05 bits per heavy atom. The van der Waals surface area contributed by atoms with Gasteiger partial charge in [0.25, 0.3) is 0 Å². The monoisotopic (exact) mass is 291 g/mol. The van der Waals surface area contributed by atoms with E-state index in [2.05, 4.69) is 5.32 Å². The molecule has 118 valence electrons. The van der Waals surface area contributed by atoms with Crippen molar-refractivity contribution < 1.29 is 9.90 Å². The maximum absolute atomic E-state index is 12.5. The van der Waals surface area contributed by atoms with E-state index in [-0.39, 0.29) is 22.7 Å². The summed E-state index contributed by atoms with van der Waals surface area (Å²) in [4.78, 5) is 12.5. The van der Waals surface area contributed by atoms with Crippen molar-refractivity contribution in [3.8, 4) is 5.75 Å². The number of hydrogen-bond donors (Lipinski definition) is 2. The van der Waals surface area contributed by atoms with E-state index < -0.39 is 0 Å². The first-order chi connectivity index (χ1) is 9.39. The number of rotatable bonds is 3. The summed E-state index contributed by atoms with van der Waals surface area (Å²) in [6.45, 7) is 14.1. The number of hydrogen-bond acceptors (Lipinski definition) is 3. The Kier molecular flexibility index (Phi) is 4.89. The second-order valence-corrected chi connectivity index (χ2v) is 7.79. The number of ketones is 1. The third-order valence-electron chi connectivity index (χ3n) is 3.84. The fraction of sp³-hybridized carbons (Fsp3) is 0.611. The molecule has 1 atom stereocenters. The molecule has 0 saturated heterocycles. The van der Waals surface area contributed by atoms with Gasteiger partial charge >= 0.3 is 0 Å². The maximum atomic E-state index is 12.5. The standard InChI is InChI=1S/C18H29NO2/c1-11(19-8)15(20)12-9-13(17(2,3)4)16(21)14(10-12)18(5,6)7/h9-11,19,21H,1-8H3. The summed E-state index contributed by atoms with van der Waals surface area (Å²) in [7, 11) is 1.78. The van der Waals surface area contributed by atoms with E-state index in [1.807, 2.05) is 60.6 Å². The number of phenolic OH excluding ortho intramolecular Hbond substituents is 1. The van der Waals surface area contributed by atoms with Gasteiger partial charge in [0.05, 0.1) is 6.04 Å². The predicted molar refractivity (Wildman–Crippen MR) is 88.4 cm³/mol. The highest BCUT2D eigenvalue weighted by Crippen LogP contribution is 2.39. The van der Waals surface area contributed by atoms with Crippen molar-refractivity contribution in [1.29, 1.82) is 0 Å². The zero-order chi connectivity index (χ0) is 16.6. The van der Waals surface area contributed by atoms with E-state index in [0.717, 1.165) is 11.1 Å². The molecule has 0 bridgehead atoms. The average molecular weight is 291 g/mol. The highest BCUT2D eigenvalue weighted by molar-refractivity contribution is 6.00. The van der Waals surface area contributed by atoms with Crippen LogP contribution in [-0.2, 0) is 10.8 Å². The molecule has 0 aliphatic heterocycles. The van der Waals surface area contributed by atoms with Gasteiger partial charge in [-0.3, -0.25) is 4.79 Å². The second-order valence-electron chi connectivity index (χ2n) is 7.79. The molecule has 0 radical (unpaired) electrons. The highest BCUT2D eigenvalue weighted by Gasteiger charge is 2.28. The second kappa shape index (κ2) is 5.80. The van der Waals surface area contributed by atoms with Crippen LogP contribution >= 0.6 is 0 Å². The molecular weight excluding hydrogens is 262 g/mol. The number of aromatic hydroxyl groups is 1. The Bertz CT molecular complexity index is 498. The van der Waals surface area contributed by atoms with Gasteiger partial charge in [-0.2, -0.15) is 0 Å². The van der Waals surface area contributed by atoms with E-state index in [9.17, 15) is 9.90 Å². The van der Waals surface area contributed by atoms with E-state index in [1.165, 1.54) is 0 Å². The Morgan fingerprint density at radius 3 is 1.71 bits per heavy atom. The van der Waals surface area contributed by atoms with Gasteiger partial charge < -0.3 is 10.4 Å². The van der Waals surface area contributed by atoms with Crippen molar-refractivity contribution in [2.45, 2.75) is 65.3 Å². The van der Waals surface area contributed by atoms with Crippen LogP contribution in [0.2, 0.25) is 0 Å². The lowest BCUT2D eigenvalue weighted by Crippen LogP contribution is -2.31. The zero-order valence-corrected chi connectivity index (χ0v) is 14.6. The minimum absolute atomic E-state index is 0.0495. The first kappa shape index (κ1) is 17.7. The normalized spacial score (nSPS) is 14.1. The van der Waals surface area contributed by atoms with Crippen molar-refractivity contribution in [3.05, 3.63) is 28.8 Å². The van der Waals surface area contributed by atoms with E-state index >= 15 is 0 Å². The Hall–Kier alpha value is -1.35. The third-order valence-corrected chi connectivity index (χ3v) is 3.84. The number of benzene rings is 1. The first-order valence-corrected chi connectivity index (χ1v) is 7.49. The molecule has 1 rings (SSSR count). The molecule has 1 aromatic carbocycles. The smallest absolute Gasteiger partial charge is 0.179 e. The van der Waals surface area contributed by atoms with Crippen LogP contribution in [0.15, 0.2) is 12.1 Å². The molecular formula is C18H29NO2. The van der Waals surface area contributed by atoms with Gasteiger partial charge in [0.15, 0.2) is 5.78 Å². The summed E-state index contributed by atoms with van der Waals surface area (Å²) in [6, 6.07) is 3.43. The number of phenols is 1. The van der Waals surface area contributed by atoms with Gasteiger partial charge in [-0.05, 0) is 36.9 Å². The molecule has 0 aromatic heterocycles. The lowest BCUT2D eigenvalue weighted by molar-refractivity contribution is 0.0954. The van der Waals surface area contributed by atoms with E-state index in [4.69, 9.17) is 0 Å². The fourth-order valence-electron chi connectivity index (χ4n) is 2.30. The summed E-state index contributed by atoms with van der Waals surface area (Å²) in [5.41, 5.74) is 1.86. The Morgan fingerprint density at radius 2 is 1.43 bits per heavy atom. The molecule has 3 heteroatoms. The molecule has 0 amide bonds. The van der Waals surface area contributed by atoms with Crippen molar-refractivity contribution >= 4 is 5.78 Å².